The fourth-order valence-electron chi connectivity index (χ4n) is 6.54. The van der Waals surface area contributed by atoms with Crippen LogP contribution in [-0.4, -0.2) is 63.7 Å². The smallest absolute Gasteiger partial charge is 0.225 e. The summed E-state index contributed by atoms with van der Waals surface area (Å²) in [6, 6.07) is 12.4. The molecule has 2 aromatic heterocycles. The second-order valence-electron chi connectivity index (χ2n) is 13.8. The van der Waals surface area contributed by atoms with E-state index in [1.54, 1.807) is 28.5 Å². The number of nitrogens with zero attached hydrogens (tertiary/aromatic N) is 6. The van der Waals surface area contributed by atoms with Gasteiger partial charge < -0.3 is 16.0 Å². The maximum Gasteiger partial charge on any atom is 0.225 e. The number of benzene rings is 2. The summed E-state index contributed by atoms with van der Waals surface area (Å²) in [6.07, 6.45) is 3.48. The van der Waals surface area contributed by atoms with Crippen molar-refractivity contribution in [2.75, 3.05) is 24.6 Å². The number of aromatic nitrogens is 3. The number of halogens is 3. The van der Waals surface area contributed by atoms with Gasteiger partial charge in [0.1, 0.15) is 22.7 Å². The Balaban J connectivity index is 0.907. The molecule has 0 spiro atoms. The number of amides is 3. The molecule has 0 bridgehead atoms. The molecule has 4 aromatic rings. The molecule has 0 saturated heterocycles. The van der Waals surface area contributed by atoms with Crippen molar-refractivity contribution in [3.05, 3.63) is 90.7 Å². The first-order valence-electron chi connectivity index (χ1n) is 18.4. The number of hydrazone groups is 1. The molecule has 2 aliphatic rings. The summed E-state index contributed by atoms with van der Waals surface area (Å²) in [4.78, 5) is 44.6. The Morgan fingerprint density at radius 3 is 2.35 bits per heavy atom. The van der Waals surface area contributed by atoms with Gasteiger partial charge in [0.25, 0.3) is 0 Å². The number of aryl methyl sites for hydroxylation is 2. The molecule has 0 aliphatic carbocycles. The van der Waals surface area contributed by atoms with E-state index in [1.807, 2.05) is 48.7 Å². The number of carbonyl (C=O) groups is 3. The maximum atomic E-state index is 13.2. The molecule has 2 aromatic carbocycles. The largest absolute Gasteiger partial charge is 0.356 e. The summed E-state index contributed by atoms with van der Waals surface area (Å²) < 4.78 is 2.03. The number of anilines is 1. The second kappa shape index (κ2) is 18.1. The molecule has 3 amide bonds. The zero-order chi connectivity index (χ0) is 39.2. The number of amidine groups is 1. The highest BCUT2D eigenvalue weighted by Gasteiger charge is 2.32. The third-order valence-corrected chi connectivity index (χ3v) is 11.8. The van der Waals surface area contributed by atoms with Crippen molar-refractivity contribution < 1.29 is 14.4 Å². The molecular weight excluding hydrogens is 781 g/mol. The number of hydrogen-bond donors (Lipinski definition) is 3. The van der Waals surface area contributed by atoms with Crippen LogP contribution in [0.15, 0.2) is 52.6 Å². The molecule has 0 fully saturated rings. The van der Waals surface area contributed by atoms with Crippen LogP contribution in [0.25, 0.3) is 5.00 Å². The van der Waals surface area contributed by atoms with Gasteiger partial charge in [0.05, 0.1) is 34.4 Å². The summed E-state index contributed by atoms with van der Waals surface area (Å²) >= 11 is 20.1. The van der Waals surface area contributed by atoms with Crippen molar-refractivity contribution in [1.82, 2.24) is 30.7 Å². The normalized spacial score (nSPS) is 16.2. The number of hydrogen-bond acceptors (Lipinski definition) is 9. The van der Waals surface area contributed by atoms with Crippen LogP contribution in [0.2, 0.25) is 15.1 Å². The lowest BCUT2D eigenvalue weighted by Gasteiger charge is -2.14. The van der Waals surface area contributed by atoms with Crippen LogP contribution in [0.3, 0.4) is 0 Å². The highest BCUT2D eigenvalue weighted by atomic mass is 35.5. The van der Waals surface area contributed by atoms with Crippen molar-refractivity contribution >= 4 is 81.1 Å². The Morgan fingerprint density at radius 1 is 0.855 bits per heavy atom. The number of rotatable bonds is 14. The summed E-state index contributed by atoms with van der Waals surface area (Å²) in [5, 5.41) is 26.6. The van der Waals surface area contributed by atoms with Crippen LogP contribution in [0.4, 0.5) is 5.69 Å². The zero-order valence-electron chi connectivity index (χ0n) is 31.2. The first kappa shape index (κ1) is 40.4. The first-order chi connectivity index (χ1) is 26.4. The fraction of sp³-hybridized carbons (Fsp3) is 0.410. The van der Waals surface area contributed by atoms with E-state index in [9.17, 15) is 14.4 Å². The van der Waals surface area contributed by atoms with Crippen LogP contribution in [0, 0.1) is 26.7 Å². The number of nitrogens with one attached hydrogen (secondary N) is 3. The minimum atomic E-state index is -0.536. The predicted octanol–water partition coefficient (Wildman–Crippen LogP) is 7.66. The molecule has 6 rings (SSSR count). The van der Waals surface area contributed by atoms with Gasteiger partial charge in [-0.25, -0.2) is 0 Å². The molecule has 2 aliphatic heterocycles. The van der Waals surface area contributed by atoms with Gasteiger partial charge in [0.2, 0.25) is 17.7 Å². The lowest BCUT2D eigenvalue weighted by Crippen LogP contribution is -2.34. The maximum absolute atomic E-state index is 13.2. The SMILES string of the molecule is Cc1sc2c(c1C)C(c1ccc(Cl)cc1)=N[C@@H](CC(=O)NCCCCCC(=O)NCCCC(=O)NC1=NN(c3ccc(Cl)c(Cl)c3)CC1C)c1nnc(C)n1-2. The van der Waals surface area contributed by atoms with Gasteiger partial charge in [-0.05, 0) is 75.9 Å². The third kappa shape index (κ3) is 9.75. The van der Waals surface area contributed by atoms with Crippen molar-refractivity contribution in [2.24, 2.45) is 16.0 Å². The summed E-state index contributed by atoms with van der Waals surface area (Å²) in [5.41, 5.74) is 4.68. The molecule has 4 heterocycles. The van der Waals surface area contributed by atoms with Crippen LogP contribution in [0.5, 0.6) is 0 Å². The Labute approximate surface area is 339 Å². The average Bonchev–Trinajstić information content (AvgIpc) is 3.78. The van der Waals surface area contributed by atoms with E-state index in [0.717, 1.165) is 51.8 Å². The lowest BCUT2D eigenvalue weighted by molar-refractivity contribution is -0.122. The van der Waals surface area contributed by atoms with Crippen molar-refractivity contribution in [3.8, 4) is 5.00 Å². The van der Waals surface area contributed by atoms with Crippen molar-refractivity contribution in [1.29, 1.82) is 0 Å². The number of thiophene rings is 1. The van der Waals surface area contributed by atoms with Gasteiger partial charge in [0, 0.05) is 52.9 Å². The van der Waals surface area contributed by atoms with E-state index in [2.05, 4.69) is 45.1 Å². The Kier molecular flexibility index (Phi) is 13.3. The van der Waals surface area contributed by atoms with Crippen LogP contribution >= 0.6 is 46.1 Å². The van der Waals surface area contributed by atoms with Crippen molar-refractivity contribution in [3.63, 3.8) is 0 Å². The monoisotopic (exact) mass is 823 g/mol. The molecule has 16 heteroatoms. The quantitative estimate of drug-likeness (QED) is 0.111. The highest BCUT2D eigenvalue weighted by Crippen LogP contribution is 2.39. The van der Waals surface area contributed by atoms with Gasteiger partial charge in [-0.3, -0.25) is 29.0 Å². The Bertz CT molecular complexity index is 2130. The molecule has 55 heavy (non-hydrogen) atoms. The van der Waals surface area contributed by atoms with E-state index in [4.69, 9.17) is 39.8 Å². The number of unbranched alkanes of at least 4 members (excludes halogenated alkanes) is 2. The molecule has 12 nitrogen and oxygen atoms in total. The fourth-order valence-corrected chi connectivity index (χ4v) is 8.17. The van der Waals surface area contributed by atoms with E-state index in [1.165, 1.54) is 4.88 Å². The van der Waals surface area contributed by atoms with Gasteiger partial charge in [-0.15, -0.1) is 21.5 Å². The topological polar surface area (TPSA) is 146 Å². The number of fused-ring (bicyclic) bond motifs is 3. The third-order valence-electron chi connectivity index (χ3n) is 9.65. The molecule has 290 valence electrons. The van der Waals surface area contributed by atoms with E-state index < -0.39 is 6.04 Å². The molecule has 1 unspecified atom stereocenters. The highest BCUT2D eigenvalue weighted by molar-refractivity contribution is 7.15. The lowest BCUT2D eigenvalue weighted by atomic mass is 9.99. The zero-order valence-corrected chi connectivity index (χ0v) is 34.3. The van der Waals surface area contributed by atoms with E-state index in [0.29, 0.717) is 65.6 Å². The first-order valence-corrected chi connectivity index (χ1v) is 20.3. The number of carbonyl (C=O) groups excluding carboxylic acids is 3. The minimum absolute atomic E-state index is 0.0346. The Morgan fingerprint density at radius 2 is 1.58 bits per heavy atom. The van der Waals surface area contributed by atoms with Gasteiger partial charge in [-0.2, -0.15) is 5.10 Å². The van der Waals surface area contributed by atoms with Gasteiger partial charge in [-0.1, -0.05) is 60.3 Å². The summed E-state index contributed by atoms with van der Waals surface area (Å²) in [7, 11) is 0. The van der Waals surface area contributed by atoms with Gasteiger partial charge >= 0.3 is 0 Å². The predicted molar refractivity (Wildman–Crippen MR) is 220 cm³/mol. The minimum Gasteiger partial charge on any atom is -0.356 e. The Hall–Kier alpha value is -4.30. The van der Waals surface area contributed by atoms with E-state index >= 15 is 0 Å². The van der Waals surface area contributed by atoms with Crippen LogP contribution in [0.1, 0.15) is 91.1 Å². The number of aliphatic imine (C=N–C) groups is 1. The standard InChI is InChI=1S/C39H44Cl3N9O3S/c1-22-21-50(28-15-16-29(41)30(42)19-28)49-37(22)46-33(53)10-8-18-43-32(52)9-6-5-7-17-44-34(54)20-31-38-48-47-25(4)51(38)39-35(23(2)24(3)55-39)36(45-31)26-11-13-27(40)14-12-26/h11-16,19,22,31H,5-10,17-18,20-21H2,1-4H3,(H,43,52)(H,44,54)(H,46,49,53)/t22?,31-/m0/s1. The molecular formula is C39H44Cl3N9O3S. The van der Waals surface area contributed by atoms with Crippen LogP contribution in [-0.2, 0) is 14.4 Å². The molecule has 0 radical (unpaired) electrons. The molecule has 0 saturated carbocycles. The van der Waals surface area contributed by atoms with Crippen LogP contribution < -0.4 is 21.0 Å². The summed E-state index contributed by atoms with van der Waals surface area (Å²) in [6.45, 7) is 9.60. The average molecular weight is 825 g/mol. The molecule has 2 atom stereocenters. The summed E-state index contributed by atoms with van der Waals surface area (Å²) in [5.74, 6) is 1.67. The van der Waals surface area contributed by atoms with E-state index in [-0.39, 0.29) is 36.5 Å². The molecule has 3 N–H and O–H groups in total. The van der Waals surface area contributed by atoms with Crippen molar-refractivity contribution in [2.45, 2.75) is 78.7 Å². The van der Waals surface area contributed by atoms with Gasteiger partial charge in [0.15, 0.2) is 5.82 Å². The second-order valence-corrected chi connectivity index (χ2v) is 16.3.